The van der Waals surface area contributed by atoms with Gasteiger partial charge in [0.2, 0.25) is 10.0 Å². The second-order valence-corrected chi connectivity index (χ2v) is 7.98. The number of nitrogens with one attached hydrogen (secondary N) is 1. The Morgan fingerprint density at radius 1 is 1.08 bits per heavy atom. The van der Waals surface area contributed by atoms with E-state index in [9.17, 15) is 13.2 Å². The van der Waals surface area contributed by atoms with E-state index < -0.39 is 10.0 Å². The highest BCUT2D eigenvalue weighted by molar-refractivity contribution is 7.92. The maximum absolute atomic E-state index is 12.3. The molecular formula is C18H20N2O3S. The monoisotopic (exact) mass is 344 g/mol. The first kappa shape index (κ1) is 16.5. The van der Waals surface area contributed by atoms with Crippen molar-refractivity contribution in [1.82, 2.24) is 0 Å². The van der Waals surface area contributed by atoms with Gasteiger partial charge in [-0.1, -0.05) is 12.1 Å². The average Bonchev–Trinajstić information content (AvgIpc) is 2.55. The van der Waals surface area contributed by atoms with Gasteiger partial charge in [-0.25, -0.2) is 8.42 Å². The van der Waals surface area contributed by atoms with E-state index in [1.54, 1.807) is 24.3 Å². The molecule has 2 aromatic rings. The summed E-state index contributed by atoms with van der Waals surface area (Å²) in [5.74, 6) is -0.0311. The molecule has 5 nitrogen and oxygen atoms in total. The van der Waals surface area contributed by atoms with Gasteiger partial charge in [0.1, 0.15) is 0 Å². The predicted octanol–water partition coefficient (Wildman–Crippen LogP) is 3.18. The molecule has 0 aromatic heterocycles. The zero-order valence-electron chi connectivity index (χ0n) is 13.5. The SMILES string of the molecule is Cc1cccc(NC(=O)c2ccc(N3CCCCS3(=O)=O)cc2)c1. The van der Waals surface area contributed by atoms with E-state index in [0.717, 1.165) is 17.7 Å². The summed E-state index contributed by atoms with van der Waals surface area (Å²) in [7, 11) is -3.23. The molecule has 1 amide bonds. The number of benzene rings is 2. The van der Waals surface area contributed by atoms with Gasteiger partial charge < -0.3 is 5.32 Å². The van der Waals surface area contributed by atoms with Gasteiger partial charge in [-0.15, -0.1) is 0 Å². The molecule has 1 N–H and O–H groups in total. The minimum absolute atomic E-state index is 0.183. The van der Waals surface area contributed by atoms with Gasteiger partial charge in [0.05, 0.1) is 11.4 Å². The first-order valence-corrected chi connectivity index (χ1v) is 9.55. The molecule has 1 saturated heterocycles. The molecule has 0 radical (unpaired) electrons. The summed E-state index contributed by atoms with van der Waals surface area (Å²) < 4.78 is 25.7. The Balaban J connectivity index is 1.75. The number of hydrogen-bond acceptors (Lipinski definition) is 3. The topological polar surface area (TPSA) is 66.5 Å². The molecule has 0 unspecified atom stereocenters. The highest BCUT2D eigenvalue weighted by Crippen LogP contribution is 2.24. The molecule has 6 heteroatoms. The molecule has 0 aliphatic carbocycles. The number of aryl methyl sites for hydroxylation is 1. The molecule has 1 heterocycles. The summed E-state index contributed by atoms with van der Waals surface area (Å²) in [5.41, 5.74) is 2.91. The number of amides is 1. The Morgan fingerprint density at radius 2 is 1.83 bits per heavy atom. The molecule has 0 spiro atoms. The lowest BCUT2D eigenvalue weighted by molar-refractivity contribution is 0.102. The van der Waals surface area contributed by atoms with Crippen molar-refractivity contribution < 1.29 is 13.2 Å². The van der Waals surface area contributed by atoms with E-state index in [4.69, 9.17) is 0 Å². The van der Waals surface area contributed by atoms with E-state index in [2.05, 4.69) is 5.32 Å². The van der Waals surface area contributed by atoms with Crippen LogP contribution >= 0.6 is 0 Å². The number of carbonyl (C=O) groups is 1. The maximum Gasteiger partial charge on any atom is 0.255 e. The maximum atomic E-state index is 12.3. The third-order valence-corrected chi connectivity index (χ3v) is 5.91. The third kappa shape index (κ3) is 3.59. The van der Waals surface area contributed by atoms with Crippen LogP contribution in [0.15, 0.2) is 48.5 Å². The number of rotatable bonds is 3. The van der Waals surface area contributed by atoms with E-state index >= 15 is 0 Å². The third-order valence-electron chi connectivity index (χ3n) is 4.04. The van der Waals surface area contributed by atoms with Gasteiger partial charge in [0.15, 0.2) is 0 Å². The Kier molecular flexibility index (Phi) is 4.57. The highest BCUT2D eigenvalue weighted by Gasteiger charge is 2.25. The quantitative estimate of drug-likeness (QED) is 0.930. The molecule has 3 rings (SSSR count). The van der Waals surface area contributed by atoms with Crippen LogP contribution in [0.1, 0.15) is 28.8 Å². The zero-order chi connectivity index (χ0) is 17.2. The van der Waals surface area contributed by atoms with E-state index in [-0.39, 0.29) is 11.7 Å². The Bertz CT molecular complexity index is 845. The number of sulfonamides is 1. The van der Waals surface area contributed by atoms with Crippen molar-refractivity contribution in [3.8, 4) is 0 Å². The van der Waals surface area contributed by atoms with E-state index in [1.165, 1.54) is 4.31 Å². The molecule has 1 aliphatic heterocycles. The molecule has 1 fully saturated rings. The van der Waals surface area contributed by atoms with Gasteiger partial charge >= 0.3 is 0 Å². The summed E-state index contributed by atoms with van der Waals surface area (Å²) >= 11 is 0. The summed E-state index contributed by atoms with van der Waals surface area (Å²) in [6.45, 7) is 2.46. The van der Waals surface area contributed by atoms with Crippen LogP contribution in [-0.4, -0.2) is 26.6 Å². The van der Waals surface area contributed by atoms with Crippen molar-refractivity contribution in [3.63, 3.8) is 0 Å². The van der Waals surface area contributed by atoms with Crippen molar-refractivity contribution in [2.45, 2.75) is 19.8 Å². The van der Waals surface area contributed by atoms with Crippen LogP contribution in [0.2, 0.25) is 0 Å². The molecule has 1 aliphatic rings. The number of hydrogen-bond donors (Lipinski definition) is 1. The Labute approximate surface area is 142 Å². The second kappa shape index (κ2) is 6.65. The van der Waals surface area contributed by atoms with Crippen molar-refractivity contribution in [2.24, 2.45) is 0 Å². The van der Waals surface area contributed by atoms with E-state index in [1.807, 2.05) is 31.2 Å². The van der Waals surface area contributed by atoms with Crippen LogP contribution in [-0.2, 0) is 10.0 Å². The predicted molar refractivity (Wildman–Crippen MR) is 95.9 cm³/mol. The minimum Gasteiger partial charge on any atom is -0.322 e. The lowest BCUT2D eigenvalue weighted by Gasteiger charge is -2.28. The van der Waals surface area contributed by atoms with Crippen LogP contribution < -0.4 is 9.62 Å². The molecular weight excluding hydrogens is 324 g/mol. The summed E-state index contributed by atoms with van der Waals surface area (Å²) in [6.07, 6.45) is 1.56. The molecule has 126 valence electrons. The lowest BCUT2D eigenvalue weighted by Crippen LogP contribution is -2.37. The van der Waals surface area contributed by atoms with Gasteiger partial charge in [-0.05, 0) is 61.7 Å². The van der Waals surface area contributed by atoms with Crippen LogP contribution in [0.4, 0.5) is 11.4 Å². The summed E-state index contributed by atoms with van der Waals surface area (Å²) in [6, 6.07) is 14.3. The van der Waals surface area contributed by atoms with Crippen molar-refractivity contribution in [3.05, 3.63) is 59.7 Å². The smallest absolute Gasteiger partial charge is 0.255 e. The van der Waals surface area contributed by atoms with E-state index in [0.29, 0.717) is 24.2 Å². The standard InChI is InChI=1S/C18H20N2O3S/c1-14-5-4-6-16(13-14)19-18(21)15-7-9-17(10-8-15)20-11-2-3-12-24(20,22)23/h4-10,13H,2-3,11-12H2,1H3,(H,19,21). The van der Waals surface area contributed by atoms with Crippen molar-refractivity contribution in [2.75, 3.05) is 21.9 Å². The van der Waals surface area contributed by atoms with Gasteiger partial charge in [0, 0.05) is 17.8 Å². The number of carbonyl (C=O) groups excluding carboxylic acids is 1. The van der Waals surface area contributed by atoms with Gasteiger partial charge in [-0.2, -0.15) is 0 Å². The zero-order valence-corrected chi connectivity index (χ0v) is 14.3. The number of nitrogens with zero attached hydrogens (tertiary/aromatic N) is 1. The van der Waals surface area contributed by atoms with Crippen LogP contribution in [0.5, 0.6) is 0 Å². The number of anilines is 2. The molecule has 24 heavy (non-hydrogen) atoms. The summed E-state index contributed by atoms with van der Waals surface area (Å²) in [4.78, 5) is 12.3. The van der Waals surface area contributed by atoms with Crippen LogP contribution in [0.25, 0.3) is 0 Å². The van der Waals surface area contributed by atoms with Crippen LogP contribution in [0, 0.1) is 6.92 Å². The second-order valence-electron chi connectivity index (χ2n) is 5.97. The normalized spacial score (nSPS) is 16.6. The van der Waals surface area contributed by atoms with Gasteiger partial charge in [-0.3, -0.25) is 9.10 Å². The van der Waals surface area contributed by atoms with Gasteiger partial charge in [0.25, 0.3) is 5.91 Å². The highest BCUT2D eigenvalue weighted by atomic mass is 32.2. The Hall–Kier alpha value is -2.34. The molecule has 0 saturated carbocycles. The first-order valence-electron chi connectivity index (χ1n) is 7.94. The fraction of sp³-hybridized carbons (Fsp3) is 0.278. The fourth-order valence-electron chi connectivity index (χ4n) is 2.78. The first-order chi connectivity index (χ1) is 11.5. The molecule has 2 aromatic carbocycles. The molecule has 0 atom stereocenters. The largest absolute Gasteiger partial charge is 0.322 e. The Morgan fingerprint density at radius 3 is 2.50 bits per heavy atom. The molecule has 0 bridgehead atoms. The average molecular weight is 344 g/mol. The van der Waals surface area contributed by atoms with Crippen molar-refractivity contribution >= 4 is 27.3 Å². The fourth-order valence-corrected chi connectivity index (χ4v) is 4.42. The van der Waals surface area contributed by atoms with Crippen molar-refractivity contribution in [1.29, 1.82) is 0 Å². The minimum atomic E-state index is -3.23. The lowest BCUT2D eigenvalue weighted by atomic mass is 10.1. The summed E-state index contributed by atoms with van der Waals surface area (Å²) in [5, 5.41) is 2.84. The van der Waals surface area contributed by atoms with Crippen LogP contribution in [0.3, 0.4) is 0 Å².